The molecule has 0 aliphatic carbocycles. The highest BCUT2D eigenvalue weighted by molar-refractivity contribution is 5.88. The lowest BCUT2D eigenvalue weighted by Crippen LogP contribution is -2.51. The molecule has 0 radical (unpaired) electrons. The summed E-state index contributed by atoms with van der Waals surface area (Å²) < 4.78 is 49.6. The standard InChI is InChI=1S/C13H13F4NO3/c14-11(15)13(16,17)12(21)18-9(10(19)20)7-6-8-4-2-1-3-5-8/h1-5,9,11H,6-7H2,(H,18,21)(H,19,20)/t9-/m0/s1. The molecule has 0 spiro atoms. The Morgan fingerprint density at radius 2 is 1.76 bits per heavy atom. The highest BCUT2D eigenvalue weighted by Crippen LogP contribution is 2.23. The van der Waals surface area contributed by atoms with Crippen LogP contribution >= 0.6 is 0 Å². The second kappa shape index (κ2) is 7.05. The van der Waals surface area contributed by atoms with E-state index < -0.39 is 30.3 Å². The Kier molecular flexibility index (Phi) is 5.69. The van der Waals surface area contributed by atoms with Gasteiger partial charge in [-0.1, -0.05) is 30.3 Å². The molecule has 1 rings (SSSR count). The number of carboxylic acids is 1. The number of amides is 1. The number of aryl methyl sites for hydroxylation is 1. The SMILES string of the molecule is O=C(O)[C@H](CCc1ccccc1)NC(=O)C(F)(F)C(F)F. The number of carbonyl (C=O) groups excluding carboxylic acids is 1. The van der Waals surface area contributed by atoms with Crippen LogP contribution in [0.2, 0.25) is 0 Å². The minimum Gasteiger partial charge on any atom is -0.480 e. The number of carbonyl (C=O) groups is 2. The van der Waals surface area contributed by atoms with Crippen LogP contribution in [0.1, 0.15) is 12.0 Å². The lowest BCUT2D eigenvalue weighted by Gasteiger charge is -2.19. The van der Waals surface area contributed by atoms with Crippen molar-refractivity contribution in [3.8, 4) is 0 Å². The Hall–Kier alpha value is -2.12. The summed E-state index contributed by atoms with van der Waals surface area (Å²) in [6.07, 6.45) is -4.19. The van der Waals surface area contributed by atoms with Crippen LogP contribution in [0.25, 0.3) is 0 Å². The minimum atomic E-state index is -4.92. The van der Waals surface area contributed by atoms with Crippen LogP contribution < -0.4 is 5.32 Å². The van der Waals surface area contributed by atoms with Gasteiger partial charge in [0.25, 0.3) is 5.91 Å². The summed E-state index contributed by atoms with van der Waals surface area (Å²) in [4.78, 5) is 21.9. The number of alkyl halides is 4. The molecule has 0 bridgehead atoms. The van der Waals surface area contributed by atoms with Crippen molar-refractivity contribution in [1.29, 1.82) is 0 Å². The molecule has 0 aliphatic rings. The first-order valence-corrected chi connectivity index (χ1v) is 5.98. The van der Waals surface area contributed by atoms with Crippen molar-refractivity contribution < 1.29 is 32.3 Å². The van der Waals surface area contributed by atoms with Gasteiger partial charge in [0, 0.05) is 0 Å². The predicted molar refractivity (Wildman–Crippen MR) is 65.3 cm³/mol. The minimum absolute atomic E-state index is 0.190. The quantitative estimate of drug-likeness (QED) is 0.758. The number of nitrogens with one attached hydrogen (secondary N) is 1. The highest BCUT2D eigenvalue weighted by atomic mass is 19.3. The van der Waals surface area contributed by atoms with Gasteiger partial charge in [0.2, 0.25) is 0 Å². The molecular weight excluding hydrogens is 294 g/mol. The fraction of sp³-hybridized carbons (Fsp3) is 0.385. The average Bonchev–Trinajstić information content (AvgIpc) is 2.43. The van der Waals surface area contributed by atoms with Gasteiger partial charge in [-0.25, -0.2) is 13.6 Å². The van der Waals surface area contributed by atoms with E-state index in [2.05, 4.69) is 0 Å². The fourth-order valence-corrected chi connectivity index (χ4v) is 1.57. The molecule has 0 saturated heterocycles. The molecule has 116 valence electrons. The van der Waals surface area contributed by atoms with Gasteiger partial charge < -0.3 is 10.4 Å². The van der Waals surface area contributed by atoms with E-state index in [-0.39, 0.29) is 12.8 Å². The number of rotatable bonds is 7. The zero-order valence-corrected chi connectivity index (χ0v) is 10.7. The van der Waals surface area contributed by atoms with E-state index in [0.29, 0.717) is 0 Å². The van der Waals surface area contributed by atoms with E-state index in [4.69, 9.17) is 5.11 Å². The molecule has 0 aliphatic heterocycles. The van der Waals surface area contributed by atoms with Crippen LogP contribution in [0.5, 0.6) is 0 Å². The number of halogens is 4. The Morgan fingerprint density at radius 1 is 1.19 bits per heavy atom. The van der Waals surface area contributed by atoms with Gasteiger partial charge in [-0.15, -0.1) is 0 Å². The fourth-order valence-electron chi connectivity index (χ4n) is 1.57. The van der Waals surface area contributed by atoms with Crippen LogP contribution in [0, 0.1) is 0 Å². The van der Waals surface area contributed by atoms with Crippen LogP contribution in [0.3, 0.4) is 0 Å². The number of benzene rings is 1. The third kappa shape index (κ3) is 4.73. The topological polar surface area (TPSA) is 66.4 Å². The van der Waals surface area contributed by atoms with Gasteiger partial charge in [-0.3, -0.25) is 4.79 Å². The van der Waals surface area contributed by atoms with Crippen molar-refractivity contribution >= 4 is 11.9 Å². The van der Waals surface area contributed by atoms with Crippen molar-refractivity contribution in [3.63, 3.8) is 0 Å². The molecule has 1 amide bonds. The van der Waals surface area contributed by atoms with Gasteiger partial charge >= 0.3 is 18.3 Å². The Morgan fingerprint density at radius 3 is 2.24 bits per heavy atom. The molecule has 0 heterocycles. The van der Waals surface area contributed by atoms with Gasteiger partial charge in [0.05, 0.1) is 0 Å². The number of carboxylic acid groups (broad SMARTS) is 1. The number of hydrogen-bond donors (Lipinski definition) is 2. The summed E-state index contributed by atoms with van der Waals surface area (Å²) in [5.74, 6) is -8.78. The van der Waals surface area contributed by atoms with Crippen LogP contribution in [-0.4, -0.2) is 35.4 Å². The molecule has 0 aromatic heterocycles. The first-order valence-electron chi connectivity index (χ1n) is 5.98. The van der Waals surface area contributed by atoms with Gasteiger partial charge in [-0.2, -0.15) is 8.78 Å². The summed E-state index contributed by atoms with van der Waals surface area (Å²) in [5, 5.41) is 10.3. The van der Waals surface area contributed by atoms with Crippen LogP contribution in [0.4, 0.5) is 17.6 Å². The first-order chi connectivity index (χ1) is 9.75. The predicted octanol–water partition coefficient (Wildman–Crippen LogP) is 2.09. The van der Waals surface area contributed by atoms with Gasteiger partial charge in [-0.05, 0) is 18.4 Å². The third-order valence-corrected chi connectivity index (χ3v) is 2.74. The molecule has 2 N–H and O–H groups in total. The largest absolute Gasteiger partial charge is 0.480 e. The monoisotopic (exact) mass is 307 g/mol. The zero-order chi connectivity index (χ0) is 16.0. The molecular formula is C13H13F4NO3. The molecule has 1 aromatic carbocycles. The maximum Gasteiger partial charge on any atom is 0.383 e. The van der Waals surface area contributed by atoms with E-state index in [9.17, 15) is 27.2 Å². The van der Waals surface area contributed by atoms with Crippen molar-refractivity contribution in [1.82, 2.24) is 5.32 Å². The van der Waals surface area contributed by atoms with E-state index in [1.807, 2.05) is 0 Å². The zero-order valence-electron chi connectivity index (χ0n) is 10.7. The smallest absolute Gasteiger partial charge is 0.383 e. The van der Waals surface area contributed by atoms with Crippen molar-refractivity contribution in [2.45, 2.75) is 31.2 Å². The Labute approximate surface area is 117 Å². The van der Waals surface area contributed by atoms with Gasteiger partial charge in [0.1, 0.15) is 6.04 Å². The van der Waals surface area contributed by atoms with E-state index in [1.165, 1.54) is 5.32 Å². The summed E-state index contributed by atoms with van der Waals surface area (Å²) in [6.45, 7) is 0. The number of aliphatic carboxylic acids is 1. The average molecular weight is 307 g/mol. The third-order valence-electron chi connectivity index (χ3n) is 2.74. The summed E-state index contributed by atoms with van der Waals surface area (Å²) in [5.41, 5.74) is 0.735. The summed E-state index contributed by atoms with van der Waals surface area (Å²) in [6, 6.07) is 6.86. The van der Waals surface area contributed by atoms with Crippen LogP contribution in [-0.2, 0) is 16.0 Å². The lowest BCUT2D eigenvalue weighted by molar-refractivity contribution is -0.171. The molecule has 1 atom stereocenters. The molecule has 21 heavy (non-hydrogen) atoms. The van der Waals surface area contributed by atoms with Gasteiger partial charge in [0.15, 0.2) is 0 Å². The molecule has 1 aromatic rings. The molecule has 0 saturated carbocycles. The normalized spacial score (nSPS) is 13.0. The molecule has 4 nitrogen and oxygen atoms in total. The van der Waals surface area contributed by atoms with Crippen molar-refractivity contribution in [2.75, 3.05) is 0 Å². The summed E-state index contributed by atoms with van der Waals surface area (Å²) in [7, 11) is 0. The van der Waals surface area contributed by atoms with E-state index >= 15 is 0 Å². The van der Waals surface area contributed by atoms with E-state index in [1.54, 1.807) is 30.3 Å². The van der Waals surface area contributed by atoms with Crippen LogP contribution in [0.15, 0.2) is 30.3 Å². The lowest BCUT2D eigenvalue weighted by atomic mass is 10.1. The second-order valence-corrected chi connectivity index (χ2v) is 4.31. The summed E-state index contributed by atoms with van der Waals surface area (Å²) >= 11 is 0. The molecule has 0 fully saturated rings. The van der Waals surface area contributed by atoms with E-state index in [0.717, 1.165) is 5.56 Å². The highest BCUT2D eigenvalue weighted by Gasteiger charge is 2.49. The Bertz CT molecular complexity index is 493. The number of hydrogen-bond acceptors (Lipinski definition) is 2. The van der Waals surface area contributed by atoms with Crippen molar-refractivity contribution in [3.05, 3.63) is 35.9 Å². The molecule has 0 unspecified atom stereocenters. The maximum absolute atomic E-state index is 12.8. The first kappa shape index (κ1) is 16.9. The second-order valence-electron chi connectivity index (χ2n) is 4.31. The maximum atomic E-state index is 12.8. The molecule has 8 heteroatoms. The Balaban J connectivity index is 2.66. The van der Waals surface area contributed by atoms with Crippen molar-refractivity contribution in [2.24, 2.45) is 0 Å².